The third kappa shape index (κ3) is 2.67. The number of imidazole rings is 1. The SMILES string of the molecule is COc1cccc(C(=O)NC(C)c2ncc[nH]2)c1O. The Hall–Kier alpha value is -2.50. The summed E-state index contributed by atoms with van der Waals surface area (Å²) in [6.45, 7) is 1.80. The van der Waals surface area contributed by atoms with Crippen LogP contribution in [-0.4, -0.2) is 28.1 Å². The molecule has 1 heterocycles. The number of methoxy groups -OCH3 is 1. The van der Waals surface area contributed by atoms with Gasteiger partial charge in [0.2, 0.25) is 0 Å². The normalized spacial score (nSPS) is 11.9. The number of phenols is 1. The zero-order valence-corrected chi connectivity index (χ0v) is 10.7. The fourth-order valence-corrected chi connectivity index (χ4v) is 1.73. The second-order valence-electron chi connectivity index (χ2n) is 4.03. The van der Waals surface area contributed by atoms with Gasteiger partial charge in [-0.05, 0) is 19.1 Å². The number of carbonyl (C=O) groups excluding carboxylic acids is 1. The van der Waals surface area contributed by atoms with Crippen molar-refractivity contribution in [3.8, 4) is 11.5 Å². The van der Waals surface area contributed by atoms with Gasteiger partial charge in [0, 0.05) is 12.4 Å². The molecule has 0 spiro atoms. The lowest BCUT2D eigenvalue weighted by Gasteiger charge is -2.13. The summed E-state index contributed by atoms with van der Waals surface area (Å²) < 4.78 is 4.96. The molecule has 100 valence electrons. The molecule has 1 aromatic carbocycles. The van der Waals surface area contributed by atoms with E-state index in [1.165, 1.54) is 13.2 Å². The molecule has 2 rings (SSSR count). The van der Waals surface area contributed by atoms with Gasteiger partial charge in [0.15, 0.2) is 11.5 Å². The molecule has 0 aliphatic heterocycles. The quantitative estimate of drug-likeness (QED) is 0.780. The molecular weight excluding hydrogens is 246 g/mol. The van der Waals surface area contributed by atoms with E-state index in [0.717, 1.165) is 0 Å². The van der Waals surface area contributed by atoms with Crippen molar-refractivity contribution in [3.63, 3.8) is 0 Å². The minimum Gasteiger partial charge on any atom is -0.504 e. The van der Waals surface area contributed by atoms with Gasteiger partial charge in [0.05, 0.1) is 18.7 Å². The van der Waals surface area contributed by atoms with Crippen LogP contribution in [0.2, 0.25) is 0 Å². The van der Waals surface area contributed by atoms with Gasteiger partial charge in [-0.2, -0.15) is 0 Å². The van der Waals surface area contributed by atoms with E-state index in [-0.39, 0.29) is 29.0 Å². The maximum atomic E-state index is 12.1. The Morgan fingerprint density at radius 2 is 2.32 bits per heavy atom. The number of carbonyl (C=O) groups is 1. The maximum absolute atomic E-state index is 12.1. The average Bonchev–Trinajstić information content (AvgIpc) is 2.92. The van der Waals surface area contributed by atoms with Crippen LogP contribution in [0.4, 0.5) is 0 Å². The first-order valence-corrected chi connectivity index (χ1v) is 5.79. The van der Waals surface area contributed by atoms with Crippen LogP contribution < -0.4 is 10.1 Å². The molecule has 1 unspecified atom stereocenters. The first-order valence-electron chi connectivity index (χ1n) is 5.79. The summed E-state index contributed by atoms with van der Waals surface area (Å²) in [5, 5.41) is 12.6. The van der Waals surface area contributed by atoms with Crippen LogP contribution in [0.25, 0.3) is 0 Å². The summed E-state index contributed by atoms with van der Waals surface area (Å²) in [6.07, 6.45) is 3.29. The second-order valence-corrected chi connectivity index (χ2v) is 4.03. The van der Waals surface area contributed by atoms with Crippen molar-refractivity contribution in [1.29, 1.82) is 0 Å². The predicted octanol–water partition coefficient (Wildman–Crippen LogP) is 1.61. The number of nitrogens with zero attached hydrogens (tertiary/aromatic N) is 1. The Bertz CT molecular complexity index is 567. The molecule has 0 fully saturated rings. The van der Waals surface area contributed by atoms with Crippen LogP contribution in [-0.2, 0) is 0 Å². The molecule has 0 aliphatic carbocycles. The van der Waals surface area contributed by atoms with Crippen LogP contribution in [0.15, 0.2) is 30.6 Å². The van der Waals surface area contributed by atoms with E-state index in [1.54, 1.807) is 31.5 Å². The molecule has 0 bridgehead atoms. The molecule has 3 N–H and O–H groups in total. The van der Waals surface area contributed by atoms with Crippen molar-refractivity contribution in [2.24, 2.45) is 0 Å². The van der Waals surface area contributed by atoms with E-state index in [9.17, 15) is 9.90 Å². The van der Waals surface area contributed by atoms with Crippen LogP contribution >= 0.6 is 0 Å². The first-order chi connectivity index (χ1) is 9.13. The van der Waals surface area contributed by atoms with E-state index in [2.05, 4.69) is 15.3 Å². The predicted molar refractivity (Wildman–Crippen MR) is 69.1 cm³/mol. The summed E-state index contributed by atoms with van der Waals surface area (Å²) in [6, 6.07) is 4.47. The Morgan fingerprint density at radius 3 is 2.95 bits per heavy atom. The first kappa shape index (κ1) is 12.9. The summed E-state index contributed by atoms with van der Waals surface area (Å²) in [5.74, 6) is 0.350. The Labute approximate surface area is 110 Å². The van der Waals surface area contributed by atoms with Gasteiger partial charge in [0.25, 0.3) is 5.91 Å². The number of hydrogen-bond acceptors (Lipinski definition) is 4. The highest BCUT2D eigenvalue weighted by Crippen LogP contribution is 2.29. The van der Waals surface area contributed by atoms with Gasteiger partial charge in [-0.15, -0.1) is 0 Å². The molecule has 2 aromatic rings. The largest absolute Gasteiger partial charge is 0.504 e. The monoisotopic (exact) mass is 261 g/mol. The van der Waals surface area contributed by atoms with Crippen molar-refractivity contribution in [1.82, 2.24) is 15.3 Å². The summed E-state index contributed by atoms with van der Waals surface area (Å²) >= 11 is 0. The highest BCUT2D eigenvalue weighted by molar-refractivity contribution is 5.97. The summed E-state index contributed by atoms with van der Waals surface area (Å²) in [5.41, 5.74) is 0.165. The number of aromatic amines is 1. The van der Waals surface area contributed by atoms with E-state index in [0.29, 0.717) is 5.82 Å². The van der Waals surface area contributed by atoms with Crippen molar-refractivity contribution < 1.29 is 14.6 Å². The average molecular weight is 261 g/mol. The molecule has 6 heteroatoms. The van der Waals surface area contributed by atoms with Crippen molar-refractivity contribution in [2.75, 3.05) is 7.11 Å². The van der Waals surface area contributed by atoms with Gasteiger partial charge in [-0.1, -0.05) is 6.07 Å². The number of para-hydroxylation sites is 1. The van der Waals surface area contributed by atoms with E-state index >= 15 is 0 Å². The highest BCUT2D eigenvalue weighted by Gasteiger charge is 2.17. The van der Waals surface area contributed by atoms with Crippen LogP contribution in [0, 0.1) is 0 Å². The molecule has 0 saturated heterocycles. The molecular formula is C13H15N3O3. The smallest absolute Gasteiger partial charge is 0.255 e. The number of aromatic hydroxyl groups is 1. The Morgan fingerprint density at radius 1 is 1.53 bits per heavy atom. The van der Waals surface area contributed by atoms with Crippen molar-refractivity contribution >= 4 is 5.91 Å². The Balaban J connectivity index is 2.16. The number of ether oxygens (including phenoxy) is 1. The fraction of sp³-hybridized carbons (Fsp3) is 0.231. The van der Waals surface area contributed by atoms with Crippen LogP contribution in [0.3, 0.4) is 0 Å². The number of hydrogen-bond donors (Lipinski definition) is 3. The van der Waals surface area contributed by atoms with Gasteiger partial charge < -0.3 is 20.1 Å². The third-order valence-corrected chi connectivity index (χ3v) is 2.74. The number of H-pyrrole nitrogens is 1. The molecule has 1 amide bonds. The molecule has 1 aromatic heterocycles. The van der Waals surface area contributed by atoms with E-state index in [1.807, 2.05) is 0 Å². The topological polar surface area (TPSA) is 87.2 Å². The van der Waals surface area contributed by atoms with Gasteiger partial charge in [-0.25, -0.2) is 4.98 Å². The molecule has 0 radical (unpaired) electrons. The lowest BCUT2D eigenvalue weighted by Crippen LogP contribution is -2.27. The summed E-state index contributed by atoms with van der Waals surface area (Å²) in [4.78, 5) is 19.1. The van der Waals surface area contributed by atoms with Gasteiger partial charge in [-0.3, -0.25) is 4.79 Å². The number of phenolic OH excluding ortho intramolecular Hbond substituents is 1. The number of rotatable bonds is 4. The number of nitrogens with one attached hydrogen (secondary N) is 2. The lowest BCUT2D eigenvalue weighted by atomic mass is 10.1. The standard InChI is InChI=1S/C13H15N3O3/c1-8(12-14-6-7-15-12)16-13(18)9-4-3-5-10(19-2)11(9)17/h3-8,17H,1-2H3,(H,14,15)(H,16,18). The van der Waals surface area contributed by atoms with Crippen molar-refractivity contribution in [3.05, 3.63) is 42.0 Å². The third-order valence-electron chi connectivity index (χ3n) is 2.74. The van der Waals surface area contributed by atoms with Crippen LogP contribution in [0.1, 0.15) is 29.1 Å². The van der Waals surface area contributed by atoms with E-state index in [4.69, 9.17) is 4.74 Å². The maximum Gasteiger partial charge on any atom is 0.255 e. The zero-order valence-electron chi connectivity index (χ0n) is 10.7. The number of benzene rings is 1. The minimum absolute atomic E-state index is 0.165. The van der Waals surface area contributed by atoms with Gasteiger partial charge in [0.1, 0.15) is 5.82 Å². The van der Waals surface area contributed by atoms with Gasteiger partial charge >= 0.3 is 0 Å². The minimum atomic E-state index is -0.389. The molecule has 0 aliphatic rings. The molecule has 0 saturated carbocycles. The molecule has 6 nitrogen and oxygen atoms in total. The highest BCUT2D eigenvalue weighted by atomic mass is 16.5. The molecule has 19 heavy (non-hydrogen) atoms. The summed E-state index contributed by atoms with van der Waals surface area (Å²) in [7, 11) is 1.43. The van der Waals surface area contributed by atoms with Crippen LogP contribution in [0.5, 0.6) is 11.5 Å². The zero-order chi connectivity index (χ0) is 13.8. The Kier molecular flexibility index (Phi) is 3.70. The number of aromatic nitrogens is 2. The second kappa shape index (κ2) is 5.43. The lowest BCUT2D eigenvalue weighted by molar-refractivity contribution is 0.0935. The van der Waals surface area contributed by atoms with E-state index < -0.39 is 0 Å². The molecule has 1 atom stereocenters. The van der Waals surface area contributed by atoms with Crippen molar-refractivity contribution in [2.45, 2.75) is 13.0 Å². The fourth-order valence-electron chi connectivity index (χ4n) is 1.73. The number of amides is 1.